The van der Waals surface area contributed by atoms with Crippen molar-refractivity contribution in [2.24, 2.45) is 0 Å². The third-order valence-electron chi connectivity index (χ3n) is 8.39. The number of hydrogen-bond donors (Lipinski definition) is 2. The minimum atomic E-state index is -0.380. The number of carbonyl (C=O) groups excluding carboxylic acids is 6. The monoisotopic (exact) mass is 665 g/mol. The Labute approximate surface area is 273 Å². The highest BCUT2D eigenvalue weighted by molar-refractivity contribution is 7.16. The van der Waals surface area contributed by atoms with E-state index in [1.807, 2.05) is 7.05 Å². The van der Waals surface area contributed by atoms with E-state index in [2.05, 4.69) is 25.5 Å². The van der Waals surface area contributed by atoms with Gasteiger partial charge < -0.3 is 25.3 Å². The van der Waals surface area contributed by atoms with E-state index in [9.17, 15) is 28.8 Å². The molecule has 13 nitrogen and oxygen atoms in total. The van der Waals surface area contributed by atoms with Gasteiger partial charge >= 0.3 is 0 Å². The van der Waals surface area contributed by atoms with Crippen LogP contribution in [0.3, 0.4) is 0 Å². The molecule has 0 bridgehead atoms. The minimum Gasteiger partial charge on any atom is -0.382 e. The largest absolute Gasteiger partial charge is 0.382 e. The van der Waals surface area contributed by atoms with Gasteiger partial charge in [-0.1, -0.05) is 0 Å². The van der Waals surface area contributed by atoms with E-state index < -0.39 is 0 Å². The third-order valence-corrected chi connectivity index (χ3v) is 10.5. The molecule has 46 heavy (non-hydrogen) atoms. The van der Waals surface area contributed by atoms with Gasteiger partial charge in [0.15, 0.2) is 10.0 Å². The van der Waals surface area contributed by atoms with Gasteiger partial charge in [-0.05, 0) is 58.7 Å². The number of aromatic nitrogens is 2. The van der Waals surface area contributed by atoms with Crippen molar-refractivity contribution in [2.75, 3.05) is 59.4 Å². The van der Waals surface area contributed by atoms with Crippen molar-refractivity contribution >= 4 is 57.6 Å². The lowest BCUT2D eigenvalue weighted by Crippen LogP contribution is -2.31. The van der Waals surface area contributed by atoms with Crippen LogP contribution in [-0.2, 0) is 0 Å². The molecule has 242 valence electrons. The van der Waals surface area contributed by atoms with Crippen LogP contribution in [0, 0.1) is 0 Å². The molecule has 2 aromatic rings. The second-order valence-electron chi connectivity index (χ2n) is 11.8. The number of fused-ring (bicyclic) bond motifs is 2. The average Bonchev–Trinajstić information content (AvgIpc) is 3.87. The van der Waals surface area contributed by atoms with Gasteiger partial charge in [-0.3, -0.25) is 28.8 Å². The van der Waals surface area contributed by atoms with E-state index in [0.29, 0.717) is 52.1 Å². The highest BCUT2D eigenvalue weighted by atomic mass is 32.1. The number of likely N-dealkylation sites (tertiary alicyclic amines) is 2. The van der Waals surface area contributed by atoms with Crippen molar-refractivity contribution in [1.82, 2.24) is 35.3 Å². The summed E-state index contributed by atoms with van der Waals surface area (Å²) in [5, 5.41) is 6.51. The smallest absolute Gasteiger partial charge is 0.282 e. The molecular weight excluding hydrogens is 631 g/mol. The molecule has 0 atom stereocenters. The number of allylic oxidation sites excluding steroid dienone is 4. The van der Waals surface area contributed by atoms with Gasteiger partial charge in [-0.25, -0.2) is 9.97 Å². The zero-order valence-corrected chi connectivity index (χ0v) is 27.2. The Morgan fingerprint density at radius 2 is 1.11 bits per heavy atom. The first kappa shape index (κ1) is 31.9. The summed E-state index contributed by atoms with van der Waals surface area (Å²) in [6, 6.07) is 0. The number of carbonyl (C=O) groups is 6. The van der Waals surface area contributed by atoms with Crippen LogP contribution < -0.4 is 10.6 Å². The first-order valence-electron chi connectivity index (χ1n) is 15.6. The van der Waals surface area contributed by atoms with Crippen molar-refractivity contribution < 1.29 is 28.8 Å². The molecule has 0 aromatic carbocycles. The molecule has 2 aromatic heterocycles. The van der Waals surface area contributed by atoms with Gasteiger partial charge in [-0.2, -0.15) is 0 Å². The van der Waals surface area contributed by atoms with Gasteiger partial charge in [0, 0.05) is 51.4 Å². The predicted octanol–water partition coefficient (Wildman–Crippen LogP) is 2.19. The average molecular weight is 666 g/mol. The van der Waals surface area contributed by atoms with E-state index >= 15 is 0 Å². The summed E-state index contributed by atoms with van der Waals surface area (Å²) in [4.78, 5) is 91.1. The van der Waals surface area contributed by atoms with Crippen molar-refractivity contribution in [3.63, 3.8) is 0 Å². The topological polar surface area (TPSA) is 162 Å². The zero-order valence-electron chi connectivity index (χ0n) is 25.6. The Balaban J connectivity index is 0.913. The molecule has 0 radical (unpaired) electrons. The third kappa shape index (κ3) is 6.57. The first-order chi connectivity index (χ1) is 22.2. The molecule has 4 aliphatic rings. The second-order valence-corrected chi connectivity index (χ2v) is 13.8. The van der Waals surface area contributed by atoms with E-state index in [0.717, 1.165) is 61.4 Å². The Bertz CT molecular complexity index is 1540. The number of Topliss-reactive ketones (excluding diaryl/α,β-unsaturated/α-hetero) is 2. The Morgan fingerprint density at radius 1 is 0.717 bits per heavy atom. The fourth-order valence-corrected chi connectivity index (χ4v) is 7.85. The Hall–Kier alpha value is -4.08. The second kappa shape index (κ2) is 13.7. The first-order valence-corrected chi connectivity index (χ1v) is 17.2. The van der Waals surface area contributed by atoms with Crippen LogP contribution in [0.4, 0.5) is 0 Å². The number of nitrogens with one attached hydrogen (secondary N) is 2. The molecule has 6 rings (SSSR count). The van der Waals surface area contributed by atoms with Crippen LogP contribution in [-0.4, -0.2) is 119 Å². The number of nitrogens with zero attached hydrogens (tertiary/aromatic N) is 5. The number of ketones is 4. The quantitative estimate of drug-likeness (QED) is 0.320. The molecule has 2 N–H and O–H groups in total. The summed E-state index contributed by atoms with van der Waals surface area (Å²) < 4.78 is 0. The van der Waals surface area contributed by atoms with Crippen LogP contribution in [0.25, 0.3) is 0 Å². The summed E-state index contributed by atoms with van der Waals surface area (Å²) >= 11 is 1.97. The normalized spacial score (nSPS) is 17.8. The minimum absolute atomic E-state index is 0.0522. The maximum absolute atomic E-state index is 13.0. The highest BCUT2D eigenvalue weighted by Crippen LogP contribution is 2.29. The molecule has 2 aliphatic heterocycles. The van der Waals surface area contributed by atoms with Gasteiger partial charge in [-0.15, -0.1) is 22.7 Å². The molecule has 0 spiro atoms. The molecule has 2 fully saturated rings. The summed E-state index contributed by atoms with van der Waals surface area (Å²) in [7, 11) is 1.97. The van der Waals surface area contributed by atoms with E-state index in [4.69, 9.17) is 0 Å². The molecular formula is C31H35N7O6S2. The fourth-order valence-electron chi connectivity index (χ4n) is 5.87. The maximum atomic E-state index is 13.0. The summed E-state index contributed by atoms with van der Waals surface area (Å²) in [5.41, 5.74) is 0.530. The lowest BCUT2D eigenvalue weighted by atomic mass is 10.0. The molecule has 2 amide bonds. The summed E-state index contributed by atoms with van der Waals surface area (Å²) in [6.45, 7) is 5.06. The van der Waals surface area contributed by atoms with Crippen LogP contribution in [0.2, 0.25) is 0 Å². The van der Waals surface area contributed by atoms with Gasteiger partial charge in [0.05, 0.1) is 11.4 Å². The maximum Gasteiger partial charge on any atom is 0.282 e. The molecule has 0 unspecified atom stereocenters. The van der Waals surface area contributed by atoms with E-state index in [-0.39, 0.29) is 77.5 Å². The lowest BCUT2D eigenvalue weighted by molar-refractivity contribution is 0.0784. The molecule has 0 saturated carbocycles. The Morgan fingerprint density at radius 3 is 1.50 bits per heavy atom. The number of rotatable bonds is 12. The van der Waals surface area contributed by atoms with Crippen molar-refractivity contribution in [3.05, 3.63) is 54.7 Å². The van der Waals surface area contributed by atoms with E-state index in [1.54, 1.807) is 9.80 Å². The molecule has 2 saturated heterocycles. The van der Waals surface area contributed by atoms with Crippen molar-refractivity contribution in [1.29, 1.82) is 0 Å². The van der Waals surface area contributed by atoms with Crippen molar-refractivity contribution in [2.45, 2.75) is 38.5 Å². The molecule has 4 heterocycles. The van der Waals surface area contributed by atoms with E-state index in [1.165, 1.54) is 12.2 Å². The highest BCUT2D eigenvalue weighted by Gasteiger charge is 2.34. The number of amides is 2. The predicted molar refractivity (Wildman–Crippen MR) is 171 cm³/mol. The summed E-state index contributed by atoms with van der Waals surface area (Å²) in [5.74, 6) is -1.86. The van der Waals surface area contributed by atoms with Crippen molar-refractivity contribution in [3.8, 4) is 0 Å². The van der Waals surface area contributed by atoms with Gasteiger partial charge in [0.1, 0.15) is 21.1 Å². The lowest BCUT2D eigenvalue weighted by Gasteiger charge is -2.18. The molecule has 15 heteroatoms. The van der Waals surface area contributed by atoms with Crippen LogP contribution in [0.1, 0.15) is 98.4 Å². The van der Waals surface area contributed by atoms with Crippen LogP contribution >= 0.6 is 22.7 Å². The van der Waals surface area contributed by atoms with Gasteiger partial charge in [0.25, 0.3) is 11.8 Å². The fraction of sp³-hybridized carbons (Fsp3) is 0.484. The molecule has 2 aliphatic carbocycles. The van der Waals surface area contributed by atoms with Crippen LogP contribution in [0.5, 0.6) is 0 Å². The standard InChI is InChI=1S/C31H35N7O6S2/c1-36(10-6-8-32-18-16-20(39)22-26(24(18)41)45-28(34-22)30(43)37-12-2-3-13-37)11-7-9-33-19-17-21(40)23-27(25(19)42)46-29(35-23)31(44)38-14-4-5-15-38/h16-17,32-33H,2-15H2,1H3. The number of hydrogen-bond acceptors (Lipinski definition) is 13. The Kier molecular flexibility index (Phi) is 9.52. The van der Waals surface area contributed by atoms with Crippen LogP contribution in [0.15, 0.2) is 23.5 Å². The SMILES string of the molecule is CN(CCCNC1=CC(=O)c2nc(C(=O)N3CCCC3)sc2C1=O)CCCNC1=CC(=O)c2nc(C(=O)N3CCCC3)sc2C1=O. The number of thiazole rings is 2. The summed E-state index contributed by atoms with van der Waals surface area (Å²) in [6.07, 6.45) is 7.71. The van der Waals surface area contributed by atoms with Gasteiger partial charge in [0.2, 0.25) is 23.1 Å². The zero-order chi connectivity index (χ0) is 32.4.